The maximum atomic E-state index is 3.94. The molecule has 0 heterocycles. The summed E-state index contributed by atoms with van der Waals surface area (Å²) in [7, 11) is 0.110. The molecule has 7 heavy (non-hydrogen) atoms. The summed E-state index contributed by atoms with van der Waals surface area (Å²) in [6, 6.07) is 0. The van der Waals surface area contributed by atoms with E-state index in [0.717, 1.165) is 5.92 Å². The molecule has 0 fully saturated rings. The van der Waals surface area contributed by atoms with Gasteiger partial charge in [0.2, 0.25) is 0 Å². The summed E-state index contributed by atoms with van der Waals surface area (Å²) < 4.78 is 0. The van der Waals surface area contributed by atoms with Crippen LogP contribution in [-0.2, 0) is 0 Å². The van der Waals surface area contributed by atoms with Crippen molar-refractivity contribution in [3.8, 4) is 0 Å². The fraction of sp³-hybridized carbons (Fsp3) is 0.833. The van der Waals surface area contributed by atoms with Crippen LogP contribution in [0.3, 0.4) is 0 Å². The third-order valence-electron chi connectivity index (χ3n) is 0.677. The Morgan fingerprint density at radius 2 is 2.00 bits per heavy atom. The molecule has 0 amide bonds. The van der Waals surface area contributed by atoms with Gasteiger partial charge in [0.05, 0.1) is 20.5 Å². The Bertz CT molecular complexity index is 64.6. The van der Waals surface area contributed by atoms with Crippen molar-refractivity contribution >= 4 is 13.8 Å². The van der Waals surface area contributed by atoms with Gasteiger partial charge in [-0.3, -0.25) is 0 Å². The molecule has 0 N–H and O–H groups in total. The molecule has 1 atom stereocenters. The molecule has 0 radical (unpaired) electrons. The van der Waals surface area contributed by atoms with Gasteiger partial charge in [-0.15, -0.1) is 0 Å². The zero-order chi connectivity index (χ0) is 5.86. The highest BCUT2D eigenvalue weighted by atomic mass is 31.1. The average molecular weight is 117 g/mol. The van der Waals surface area contributed by atoms with Crippen molar-refractivity contribution in [1.82, 2.24) is 0 Å². The van der Waals surface area contributed by atoms with Crippen molar-refractivity contribution in [3.63, 3.8) is 0 Å². The summed E-state index contributed by atoms with van der Waals surface area (Å²) in [5, 5.41) is 0. The Morgan fingerprint density at radius 3 is 2.00 bits per heavy atom. The molecule has 1 heteroatoms. The molecule has 0 nitrogen and oxygen atoms in total. The predicted molar refractivity (Wildman–Crippen MR) is 39.7 cm³/mol. The zero-order valence-electron chi connectivity index (χ0n) is 5.44. The highest BCUT2D eigenvalue weighted by Crippen LogP contribution is 2.16. The standard InChI is InChI=1S/C6H14P/c1-6(2)5-7(3)4/h6H,3,5H2,1-2,4H3/q+1. The van der Waals surface area contributed by atoms with Gasteiger partial charge in [-0.25, -0.2) is 0 Å². The van der Waals surface area contributed by atoms with Crippen LogP contribution in [0.1, 0.15) is 13.8 Å². The van der Waals surface area contributed by atoms with Crippen molar-refractivity contribution < 1.29 is 0 Å². The van der Waals surface area contributed by atoms with Gasteiger partial charge in [0.25, 0.3) is 0 Å². The van der Waals surface area contributed by atoms with Crippen molar-refractivity contribution in [2.75, 3.05) is 12.8 Å². The lowest BCUT2D eigenvalue weighted by Crippen LogP contribution is -1.88. The molecule has 0 aromatic carbocycles. The molecule has 0 spiro atoms. The van der Waals surface area contributed by atoms with Crippen molar-refractivity contribution in [3.05, 3.63) is 0 Å². The lowest BCUT2D eigenvalue weighted by molar-refractivity contribution is 0.748. The van der Waals surface area contributed by atoms with E-state index in [1.165, 1.54) is 6.16 Å². The second kappa shape index (κ2) is 3.21. The fourth-order valence-corrected chi connectivity index (χ4v) is 1.87. The van der Waals surface area contributed by atoms with E-state index in [0.29, 0.717) is 0 Å². The molecule has 0 saturated carbocycles. The van der Waals surface area contributed by atoms with Gasteiger partial charge >= 0.3 is 0 Å². The molecule has 0 aliphatic carbocycles. The summed E-state index contributed by atoms with van der Waals surface area (Å²) >= 11 is 0. The Labute approximate surface area is 47.3 Å². The van der Waals surface area contributed by atoms with Gasteiger partial charge < -0.3 is 0 Å². The van der Waals surface area contributed by atoms with Crippen molar-refractivity contribution in [2.45, 2.75) is 13.8 Å². The van der Waals surface area contributed by atoms with Crippen molar-refractivity contribution in [1.29, 1.82) is 0 Å². The minimum atomic E-state index is 0.110. The molecule has 0 aliphatic heterocycles. The van der Waals surface area contributed by atoms with E-state index in [9.17, 15) is 0 Å². The third kappa shape index (κ3) is 6.17. The molecule has 0 bridgehead atoms. The lowest BCUT2D eigenvalue weighted by Gasteiger charge is -1.91. The van der Waals surface area contributed by atoms with Crippen LogP contribution in [0.2, 0.25) is 0 Å². The van der Waals surface area contributed by atoms with Crippen LogP contribution < -0.4 is 0 Å². The van der Waals surface area contributed by atoms with E-state index < -0.39 is 0 Å². The van der Waals surface area contributed by atoms with Gasteiger partial charge in [0.15, 0.2) is 0 Å². The molecule has 1 unspecified atom stereocenters. The average Bonchev–Trinajstić information content (AvgIpc) is 1.27. The highest BCUT2D eigenvalue weighted by molar-refractivity contribution is 7.54. The van der Waals surface area contributed by atoms with E-state index in [1.54, 1.807) is 0 Å². The number of hydrogen-bond acceptors (Lipinski definition) is 0. The van der Waals surface area contributed by atoms with E-state index >= 15 is 0 Å². The smallest absolute Gasteiger partial charge is 0.0589 e. The molecule has 0 rings (SSSR count). The predicted octanol–water partition coefficient (Wildman–Crippen LogP) is 2.19. The Balaban J connectivity index is 3.13. The monoisotopic (exact) mass is 117 g/mol. The highest BCUT2D eigenvalue weighted by Gasteiger charge is 1.99. The number of hydrogen-bond donors (Lipinski definition) is 0. The third-order valence-corrected chi connectivity index (χ3v) is 2.03. The molecule has 0 aliphatic rings. The Morgan fingerprint density at radius 1 is 1.57 bits per heavy atom. The summed E-state index contributed by atoms with van der Waals surface area (Å²) in [6.07, 6.45) is 5.26. The lowest BCUT2D eigenvalue weighted by atomic mass is 10.3. The summed E-state index contributed by atoms with van der Waals surface area (Å²) in [4.78, 5) is 0. The van der Waals surface area contributed by atoms with Crippen LogP contribution in [0.4, 0.5) is 0 Å². The van der Waals surface area contributed by atoms with Gasteiger partial charge in [-0.2, -0.15) is 0 Å². The first-order chi connectivity index (χ1) is 3.13. The first-order valence-electron chi connectivity index (χ1n) is 2.64. The summed E-state index contributed by atoms with van der Waals surface area (Å²) in [5.74, 6) is 0.841. The fourth-order valence-electron chi connectivity index (χ4n) is 0.623. The molecule has 0 saturated heterocycles. The van der Waals surface area contributed by atoms with E-state index in [-0.39, 0.29) is 7.55 Å². The SMILES string of the molecule is C=[P+](C)CC(C)C. The minimum absolute atomic E-state index is 0.110. The van der Waals surface area contributed by atoms with Crippen LogP contribution in [0.5, 0.6) is 0 Å². The first-order valence-corrected chi connectivity index (χ1v) is 4.80. The largest absolute Gasteiger partial charge is 0.108 e. The van der Waals surface area contributed by atoms with Crippen LogP contribution in [0.15, 0.2) is 0 Å². The summed E-state index contributed by atoms with van der Waals surface area (Å²) in [6.45, 7) is 6.70. The molecule has 0 aromatic heterocycles. The van der Waals surface area contributed by atoms with Gasteiger partial charge in [0, 0.05) is 0 Å². The molecular formula is C6H14P+. The van der Waals surface area contributed by atoms with Crippen LogP contribution in [0, 0.1) is 5.92 Å². The second-order valence-corrected chi connectivity index (χ2v) is 4.51. The van der Waals surface area contributed by atoms with E-state index in [4.69, 9.17) is 0 Å². The summed E-state index contributed by atoms with van der Waals surface area (Å²) in [5.41, 5.74) is 0. The Hall–Kier alpha value is 0.170. The minimum Gasteiger partial charge on any atom is -0.0589 e. The molecule has 42 valence electrons. The maximum absolute atomic E-state index is 3.94. The normalized spacial score (nSPS) is 12.3. The second-order valence-electron chi connectivity index (χ2n) is 2.43. The maximum Gasteiger partial charge on any atom is 0.108 e. The zero-order valence-corrected chi connectivity index (χ0v) is 6.33. The van der Waals surface area contributed by atoms with Gasteiger partial charge in [0.1, 0.15) is 6.16 Å². The van der Waals surface area contributed by atoms with E-state index in [1.807, 2.05) is 0 Å². The van der Waals surface area contributed by atoms with Crippen LogP contribution >= 0.6 is 7.55 Å². The van der Waals surface area contributed by atoms with Gasteiger partial charge in [-0.05, 0) is 5.92 Å². The van der Waals surface area contributed by atoms with Crippen molar-refractivity contribution in [2.24, 2.45) is 5.92 Å². The number of rotatable bonds is 2. The molecule has 0 aromatic rings. The topological polar surface area (TPSA) is 0 Å². The van der Waals surface area contributed by atoms with Crippen LogP contribution in [-0.4, -0.2) is 19.1 Å². The van der Waals surface area contributed by atoms with Gasteiger partial charge in [-0.1, -0.05) is 13.8 Å². The van der Waals surface area contributed by atoms with Crippen LogP contribution in [0.25, 0.3) is 0 Å². The molecular weight excluding hydrogens is 103 g/mol. The first kappa shape index (κ1) is 7.17. The van der Waals surface area contributed by atoms with E-state index in [2.05, 4.69) is 26.8 Å². The quantitative estimate of drug-likeness (QED) is 0.486. The Kier molecular flexibility index (Phi) is 3.29.